The molecule has 0 radical (unpaired) electrons. The third kappa shape index (κ3) is 4.73. The lowest BCUT2D eigenvalue weighted by molar-refractivity contribution is 0.0369. The van der Waals surface area contributed by atoms with Gasteiger partial charge in [0.05, 0.1) is 32.3 Å². The fraction of sp³-hybridized carbons (Fsp3) is 0.478. The standard InChI is InChI=1S/C23H30N6O3/c1-16-17(2)29(8-4-7-28-9-11-32-12-10-28)23-21(16)22(24-15-25-23)27-26-14-18-5-6-19(30)20(13-18)31-3/h5-6,13,15,30H,4,7-12,14H2,1-3H3. The summed E-state index contributed by atoms with van der Waals surface area (Å²) in [6.07, 6.45) is 2.60. The van der Waals surface area contributed by atoms with Gasteiger partial charge in [0.15, 0.2) is 17.3 Å². The second-order valence-electron chi connectivity index (χ2n) is 7.97. The number of azo groups is 1. The number of benzene rings is 1. The molecule has 3 heterocycles. The molecule has 1 fully saturated rings. The van der Waals surface area contributed by atoms with Crippen molar-refractivity contribution in [3.8, 4) is 11.5 Å². The Bertz CT molecular complexity index is 1100. The Balaban J connectivity index is 1.50. The van der Waals surface area contributed by atoms with E-state index < -0.39 is 0 Å². The van der Waals surface area contributed by atoms with E-state index in [1.165, 1.54) is 12.8 Å². The summed E-state index contributed by atoms with van der Waals surface area (Å²) in [6, 6.07) is 5.15. The lowest BCUT2D eigenvalue weighted by Gasteiger charge is -2.26. The minimum Gasteiger partial charge on any atom is -0.504 e. The van der Waals surface area contributed by atoms with E-state index in [0.717, 1.165) is 68.0 Å². The van der Waals surface area contributed by atoms with E-state index in [2.05, 4.69) is 43.5 Å². The Hall–Kier alpha value is -3.04. The second kappa shape index (κ2) is 10.1. The van der Waals surface area contributed by atoms with E-state index in [4.69, 9.17) is 9.47 Å². The van der Waals surface area contributed by atoms with Crippen LogP contribution in [0.15, 0.2) is 34.8 Å². The van der Waals surface area contributed by atoms with Gasteiger partial charge in [0, 0.05) is 31.9 Å². The van der Waals surface area contributed by atoms with Crippen LogP contribution < -0.4 is 4.74 Å². The van der Waals surface area contributed by atoms with Gasteiger partial charge in [-0.1, -0.05) is 6.07 Å². The molecule has 9 nitrogen and oxygen atoms in total. The molecule has 0 aliphatic carbocycles. The van der Waals surface area contributed by atoms with Crippen LogP contribution in [0.5, 0.6) is 11.5 Å². The molecule has 0 unspecified atom stereocenters. The summed E-state index contributed by atoms with van der Waals surface area (Å²) in [5.74, 6) is 1.10. The quantitative estimate of drug-likeness (QED) is 0.538. The van der Waals surface area contributed by atoms with Crippen molar-refractivity contribution in [1.29, 1.82) is 0 Å². The zero-order chi connectivity index (χ0) is 22.5. The average molecular weight is 439 g/mol. The molecule has 1 N–H and O–H groups in total. The van der Waals surface area contributed by atoms with Crippen molar-refractivity contribution in [3.05, 3.63) is 41.3 Å². The Labute approximate surface area is 187 Å². The van der Waals surface area contributed by atoms with Crippen LogP contribution in [0.4, 0.5) is 5.82 Å². The molecule has 1 aromatic carbocycles. The van der Waals surface area contributed by atoms with Crippen molar-refractivity contribution in [2.24, 2.45) is 10.2 Å². The summed E-state index contributed by atoms with van der Waals surface area (Å²) in [7, 11) is 1.52. The molecule has 170 valence electrons. The van der Waals surface area contributed by atoms with Gasteiger partial charge in [0.1, 0.15) is 12.0 Å². The molecule has 4 rings (SSSR count). The molecule has 9 heteroatoms. The maximum Gasteiger partial charge on any atom is 0.186 e. The molecule has 3 aromatic rings. The number of phenolic OH excluding ortho intramolecular Hbond substituents is 1. The number of rotatable bonds is 8. The first-order chi connectivity index (χ1) is 15.6. The van der Waals surface area contributed by atoms with E-state index in [1.807, 2.05) is 0 Å². The second-order valence-corrected chi connectivity index (χ2v) is 7.97. The lowest BCUT2D eigenvalue weighted by atomic mass is 10.2. The predicted molar refractivity (Wildman–Crippen MR) is 122 cm³/mol. The van der Waals surface area contributed by atoms with Crippen LogP contribution >= 0.6 is 0 Å². The van der Waals surface area contributed by atoms with E-state index in [9.17, 15) is 5.11 Å². The number of fused-ring (bicyclic) bond motifs is 1. The average Bonchev–Trinajstić information content (AvgIpc) is 3.06. The largest absolute Gasteiger partial charge is 0.504 e. The molecule has 0 amide bonds. The van der Waals surface area contributed by atoms with Crippen molar-refractivity contribution in [3.63, 3.8) is 0 Å². The van der Waals surface area contributed by atoms with Crippen LogP contribution in [0.25, 0.3) is 11.0 Å². The monoisotopic (exact) mass is 438 g/mol. The number of aromatic nitrogens is 3. The fourth-order valence-corrected chi connectivity index (χ4v) is 4.08. The summed E-state index contributed by atoms with van der Waals surface area (Å²) in [5, 5.41) is 19.4. The molecular formula is C23H30N6O3. The molecule has 1 saturated heterocycles. The number of phenols is 1. The third-order valence-electron chi connectivity index (χ3n) is 6.01. The van der Waals surface area contributed by atoms with Crippen LogP contribution in [0.1, 0.15) is 23.2 Å². The van der Waals surface area contributed by atoms with Gasteiger partial charge < -0.3 is 19.1 Å². The smallest absolute Gasteiger partial charge is 0.186 e. The Morgan fingerprint density at radius 1 is 1.16 bits per heavy atom. The third-order valence-corrected chi connectivity index (χ3v) is 6.01. The fourth-order valence-electron chi connectivity index (χ4n) is 4.08. The molecule has 0 bridgehead atoms. The van der Waals surface area contributed by atoms with Gasteiger partial charge in [-0.25, -0.2) is 9.97 Å². The Morgan fingerprint density at radius 3 is 2.75 bits per heavy atom. The number of hydrogen-bond acceptors (Lipinski definition) is 8. The van der Waals surface area contributed by atoms with Gasteiger partial charge in [-0.15, -0.1) is 5.11 Å². The van der Waals surface area contributed by atoms with Crippen molar-refractivity contribution in [1.82, 2.24) is 19.4 Å². The summed E-state index contributed by atoms with van der Waals surface area (Å²) < 4.78 is 12.9. The molecule has 0 spiro atoms. The minimum atomic E-state index is 0.103. The van der Waals surface area contributed by atoms with Gasteiger partial charge in [-0.2, -0.15) is 5.11 Å². The first-order valence-electron chi connectivity index (χ1n) is 10.9. The maximum atomic E-state index is 9.74. The molecule has 2 aromatic heterocycles. The van der Waals surface area contributed by atoms with E-state index >= 15 is 0 Å². The Kier molecular flexibility index (Phi) is 6.96. The van der Waals surface area contributed by atoms with Crippen LogP contribution in [0, 0.1) is 13.8 Å². The van der Waals surface area contributed by atoms with Crippen LogP contribution in [0.2, 0.25) is 0 Å². The SMILES string of the molecule is COc1cc(CN=Nc2ncnc3c2c(C)c(C)n3CCCN2CCOCC2)ccc1O. The molecule has 0 saturated carbocycles. The highest BCUT2D eigenvalue weighted by Crippen LogP contribution is 2.31. The van der Waals surface area contributed by atoms with Gasteiger partial charge in [0.25, 0.3) is 0 Å². The Morgan fingerprint density at radius 2 is 1.97 bits per heavy atom. The summed E-state index contributed by atoms with van der Waals surface area (Å²) in [4.78, 5) is 11.4. The summed E-state index contributed by atoms with van der Waals surface area (Å²) in [6.45, 7) is 10.2. The van der Waals surface area contributed by atoms with Crippen LogP contribution in [-0.2, 0) is 17.8 Å². The number of hydrogen-bond donors (Lipinski definition) is 1. The van der Waals surface area contributed by atoms with Crippen molar-refractivity contribution < 1.29 is 14.6 Å². The highest BCUT2D eigenvalue weighted by Gasteiger charge is 2.17. The predicted octanol–water partition coefficient (Wildman–Crippen LogP) is 3.77. The van der Waals surface area contributed by atoms with Crippen LogP contribution in [-0.4, -0.2) is 64.5 Å². The normalized spacial score (nSPS) is 15.1. The van der Waals surface area contributed by atoms with E-state index in [-0.39, 0.29) is 5.75 Å². The highest BCUT2D eigenvalue weighted by molar-refractivity contribution is 5.90. The van der Waals surface area contributed by atoms with Crippen LogP contribution in [0.3, 0.4) is 0 Å². The summed E-state index contributed by atoms with van der Waals surface area (Å²) >= 11 is 0. The highest BCUT2D eigenvalue weighted by atomic mass is 16.5. The zero-order valence-corrected chi connectivity index (χ0v) is 18.9. The number of methoxy groups -OCH3 is 1. The number of nitrogens with zero attached hydrogens (tertiary/aromatic N) is 6. The van der Waals surface area contributed by atoms with E-state index in [0.29, 0.717) is 18.1 Å². The van der Waals surface area contributed by atoms with Crippen molar-refractivity contribution >= 4 is 16.9 Å². The number of morpholine rings is 1. The molecule has 0 atom stereocenters. The minimum absolute atomic E-state index is 0.103. The topological polar surface area (TPSA) is 97.4 Å². The zero-order valence-electron chi connectivity index (χ0n) is 18.9. The van der Waals surface area contributed by atoms with Crippen molar-refractivity contribution in [2.75, 3.05) is 40.0 Å². The summed E-state index contributed by atoms with van der Waals surface area (Å²) in [5.41, 5.74) is 4.11. The number of aromatic hydroxyl groups is 1. The number of aryl methyl sites for hydroxylation is 2. The molecule has 1 aliphatic heterocycles. The molecule has 1 aliphatic rings. The maximum absolute atomic E-state index is 9.74. The first kappa shape index (κ1) is 22.2. The van der Waals surface area contributed by atoms with Gasteiger partial charge in [0.2, 0.25) is 0 Å². The van der Waals surface area contributed by atoms with Gasteiger partial charge in [-0.3, -0.25) is 4.90 Å². The molecular weight excluding hydrogens is 408 g/mol. The van der Waals surface area contributed by atoms with Gasteiger partial charge >= 0.3 is 0 Å². The van der Waals surface area contributed by atoms with Gasteiger partial charge in [-0.05, 0) is 43.5 Å². The van der Waals surface area contributed by atoms with E-state index in [1.54, 1.807) is 24.5 Å². The lowest BCUT2D eigenvalue weighted by Crippen LogP contribution is -2.37. The van der Waals surface area contributed by atoms with Crippen molar-refractivity contribution in [2.45, 2.75) is 33.4 Å². The molecule has 32 heavy (non-hydrogen) atoms. The first-order valence-corrected chi connectivity index (χ1v) is 10.9. The number of ether oxygens (including phenoxy) is 2.